The van der Waals surface area contributed by atoms with Gasteiger partial charge in [-0.1, -0.05) is 0 Å². The van der Waals surface area contributed by atoms with E-state index in [0.29, 0.717) is 6.10 Å². The molecule has 2 aliphatic rings. The van der Waals surface area contributed by atoms with Crippen LogP contribution in [0.4, 0.5) is 0 Å². The maximum Gasteiger partial charge on any atom is 0.0826 e. The summed E-state index contributed by atoms with van der Waals surface area (Å²) in [6.07, 6.45) is 3.13. The molecule has 3 rings (SSSR count). The zero-order valence-corrected chi connectivity index (χ0v) is 10.8. The second-order valence-corrected chi connectivity index (χ2v) is 5.55. The van der Waals surface area contributed by atoms with Gasteiger partial charge in [0, 0.05) is 37.6 Å². The molecule has 1 saturated carbocycles. The minimum atomic E-state index is 0.350. The number of hydrogen-bond donors (Lipinski definition) is 1. The van der Waals surface area contributed by atoms with Crippen molar-refractivity contribution in [1.82, 2.24) is 15.2 Å². The summed E-state index contributed by atoms with van der Waals surface area (Å²) in [4.78, 5) is 6.84. The van der Waals surface area contributed by atoms with E-state index in [1.807, 2.05) is 5.51 Å². The summed E-state index contributed by atoms with van der Waals surface area (Å²) in [5.41, 5.74) is 3.01. The van der Waals surface area contributed by atoms with Crippen molar-refractivity contribution in [1.29, 1.82) is 0 Å². The van der Waals surface area contributed by atoms with E-state index >= 15 is 0 Å². The fraction of sp³-hybridized carbons (Fsp3) is 0.750. The van der Waals surface area contributed by atoms with Crippen LogP contribution in [0.3, 0.4) is 0 Å². The second-order valence-electron chi connectivity index (χ2n) is 4.83. The number of hydrogen-bond acceptors (Lipinski definition) is 5. The van der Waals surface area contributed by atoms with Crippen LogP contribution in [-0.4, -0.2) is 48.3 Å². The van der Waals surface area contributed by atoms with Gasteiger partial charge in [0.2, 0.25) is 0 Å². The van der Waals surface area contributed by atoms with Crippen LogP contribution >= 0.6 is 11.3 Å². The average Bonchev–Trinajstić information content (AvgIpc) is 3.09. The summed E-state index contributed by atoms with van der Waals surface area (Å²) in [5.74, 6) is 0. The fourth-order valence-electron chi connectivity index (χ4n) is 2.32. The van der Waals surface area contributed by atoms with Crippen molar-refractivity contribution in [2.45, 2.75) is 31.5 Å². The van der Waals surface area contributed by atoms with Crippen LogP contribution in [0.25, 0.3) is 0 Å². The van der Waals surface area contributed by atoms with Gasteiger partial charge in [-0.15, -0.1) is 11.3 Å². The van der Waals surface area contributed by atoms with Gasteiger partial charge in [-0.3, -0.25) is 4.90 Å². The molecule has 0 bridgehead atoms. The normalized spacial score (nSPS) is 26.2. The number of ether oxygens (including phenoxy) is 1. The molecule has 1 aromatic rings. The van der Waals surface area contributed by atoms with Crippen LogP contribution in [0.1, 0.15) is 18.5 Å². The van der Waals surface area contributed by atoms with Crippen LogP contribution in [-0.2, 0) is 11.3 Å². The Labute approximate surface area is 106 Å². The van der Waals surface area contributed by atoms with E-state index < -0.39 is 0 Å². The predicted octanol–water partition coefficient (Wildman–Crippen LogP) is 1.10. The standard InChI is InChI=1S/C12H19N3OS/c1-2-11(1)15-3-4-16-12(7-15)6-13-5-10-8-17-9-14-10/h8-9,11-13H,1-7H2/t12-/m1/s1. The first-order chi connectivity index (χ1) is 8.42. The Morgan fingerprint density at radius 1 is 1.53 bits per heavy atom. The molecule has 0 amide bonds. The van der Waals surface area contributed by atoms with E-state index in [2.05, 4.69) is 20.6 Å². The van der Waals surface area contributed by atoms with Crippen molar-refractivity contribution in [2.75, 3.05) is 26.2 Å². The predicted molar refractivity (Wildman–Crippen MR) is 68.2 cm³/mol. The van der Waals surface area contributed by atoms with Gasteiger partial charge >= 0.3 is 0 Å². The maximum atomic E-state index is 5.78. The van der Waals surface area contributed by atoms with Gasteiger partial charge < -0.3 is 10.1 Å². The Bertz CT molecular complexity index is 340. The lowest BCUT2D eigenvalue weighted by Crippen LogP contribution is -2.47. The molecule has 1 aromatic heterocycles. The first-order valence-corrected chi connectivity index (χ1v) is 7.29. The van der Waals surface area contributed by atoms with Gasteiger partial charge in [0.05, 0.1) is 23.9 Å². The number of morpholine rings is 1. The van der Waals surface area contributed by atoms with E-state index in [9.17, 15) is 0 Å². The van der Waals surface area contributed by atoms with E-state index in [1.165, 1.54) is 12.8 Å². The zero-order chi connectivity index (χ0) is 11.5. The third-order valence-corrected chi connectivity index (χ3v) is 4.03. The van der Waals surface area contributed by atoms with Gasteiger partial charge in [0.1, 0.15) is 0 Å². The summed E-state index contributed by atoms with van der Waals surface area (Å²) >= 11 is 1.65. The SMILES string of the molecule is c1nc(CNC[C@@H]2CN(C3CC3)CCO2)cs1. The highest BCUT2D eigenvalue weighted by atomic mass is 32.1. The Morgan fingerprint density at radius 2 is 2.47 bits per heavy atom. The summed E-state index contributed by atoms with van der Waals surface area (Å²) < 4.78 is 5.78. The Hall–Kier alpha value is -0.490. The molecule has 1 N–H and O–H groups in total. The second kappa shape index (κ2) is 5.44. The van der Waals surface area contributed by atoms with Crippen molar-refractivity contribution in [3.63, 3.8) is 0 Å². The summed E-state index contributed by atoms with van der Waals surface area (Å²) in [7, 11) is 0. The largest absolute Gasteiger partial charge is 0.374 e. The van der Waals surface area contributed by atoms with Crippen molar-refractivity contribution < 1.29 is 4.74 Å². The van der Waals surface area contributed by atoms with Crippen molar-refractivity contribution in [3.05, 3.63) is 16.6 Å². The lowest BCUT2D eigenvalue weighted by molar-refractivity contribution is -0.0301. The molecule has 4 nitrogen and oxygen atoms in total. The van der Waals surface area contributed by atoms with Gasteiger partial charge in [-0.25, -0.2) is 4.98 Å². The Kier molecular flexibility index (Phi) is 3.71. The molecule has 2 heterocycles. The molecule has 2 fully saturated rings. The number of aromatic nitrogens is 1. The smallest absolute Gasteiger partial charge is 0.0826 e. The van der Waals surface area contributed by atoms with Crippen molar-refractivity contribution in [3.8, 4) is 0 Å². The molecular formula is C12H19N3OS. The first kappa shape index (κ1) is 11.6. The summed E-state index contributed by atoms with van der Waals surface area (Å²) in [5, 5.41) is 5.52. The topological polar surface area (TPSA) is 37.4 Å². The maximum absolute atomic E-state index is 5.78. The molecule has 0 spiro atoms. The van der Waals surface area contributed by atoms with Gasteiger partial charge in [0.15, 0.2) is 0 Å². The molecule has 94 valence electrons. The van der Waals surface area contributed by atoms with Crippen LogP contribution in [0.5, 0.6) is 0 Å². The van der Waals surface area contributed by atoms with E-state index in [-0.39, 0.29) is 0 Å². The monoisotopic (exact) mass is 253 g/mol. The number of nitrogens with zero attached hydrogens (tertiary/aromatic N) is 2. The third-order valence-electron chi connectivity index (χ3n) is 3.40. The van der Waals surface area contributed by atoms with Crippen LogP contribution in [0, 0.1) is 0 Å². The molecule has 1 aliphatic heterocycles. The molecule has 0 radical (unpaired) electrons. The highest BCUT2D eigenvalue weighted by Gasteiger charge is 2.32. The van der Waals surface area contributed by atoms with Crippen LogP contribution < -0.4 is 5.32 Å². The Balaban J connectivity index is 1.39. The number of thiazole rings is 1. The minimum Gasteiger partial charge on any atom is -0.374 e. The van der Waals surface area contributed by atoms with E-state index in [4.69, 9.17) is 4.74 Å². The summed E-state index contributed by atoms with van der Waals surface area (Å²) in [6.45, 7) is 4.88. The lowest BCUT2D eigenvalue weighted by Gasteiger charge is -2.33. The minimum absolute atomic E-state index is 0.350. The van der Waals surface area contributed by atoms with Gasteiger partial charge in [-0.05, 0) is 12.8 Å². The molecule has 0 unspecified atom stereocenters. The molecule has 1 atom stereocenters. The Morgan fingerprint density at radius 3 is 3.24 bits per heavy atom. The zero-order valence-electron chi connectivity index (χ0n) is 9.97. The third kappa shape index (κ3) is 3.25. The highest BCUT2D eigenvalue weighted by molar-refractivity contribution is 7.07. The van der Waals surface area contributed by atoms with Gasteiger partial charge in [-0.2, -0.15) is 0 Å². The van der Waals surface area contributed by atoms with Gasteiger partial charge in [0.25, 0.3) is 0 Å². The molecule has 5 heteroatoms. The first-order valence-electron chi connectivity index (χ1n) is 6.35. The van der Waals surface area contributed by atoms with Crippen LogP contribution in [0.15, 0.2) is 10.9 Å². The molecular weight excluding hydrogens is 234 g/mol. The van der Waals surface area contributed by atoms with E-state index in [0.717, 1.165) is 44.5 Å². The highest BCUT2D eigenvalue weighted by Crippen LogP contribution is 2.28. The number of rotatable bonds is 5. The molecule has 0 aromatic carbocycles. The molecule has 17 heavy (non-hydrogen) atoms. The molecule has 1 aliphatic carbocycles. The summed E-state index contributed by atoms with van der Waals surface area (Å²) in [6, 6.07) is 0.861. The van der Waals surface area contributed by atoms with Crippen molar-refractivity contribution >= 4 is 11.3 Å². The molecule has 1 saturated heterocycles. The number of nitrogens with one attached hydrogen (secondary N) is 1. The van der Waals surface area contributed by atoms with Crippen LogP contribution in [0.2, 0.25) is 0 Å². The average molecular weight is 253 g/mol. The lowest BCUT2D eigenvalue weighted by atomic mass is 10.2. The van der Waals surface area contributed by atoms with Crippen molar-refractivity contribution in [2.24, 2.45) is 0 Å². The fourth-order valence-corrected chi connectivity index (χ4v) is 2.88. The van der Waals surface area contributed by atoms with E-state index in [1.54, 1.807) is 11.3 Å². The quantitative estimate of drug-likeness (QED) is 0.852.